The lowest BCUT2D eigenvalue weighted by atomic mass is 10.1. The van der Waals surface area contributed by atoms with E-state index >= 15 is 0 Å². The molecule has 0 radical (unpaired) electrons. The van der Waals surface area contributed by atoms with Crippen LogP contribution >= 0.6 is 0 Å². The summed E-state index contributed by atoms with van der Waals surface area (Å²) in [6, 6.07) is 15.2. The molecule has 0 saturated heterocycles. The minimum Gasteiger partial charge on any atom is -0.496 e. The van der Waals surface area contributed by atoms with Crippen LogP contribution in [0.1, 0.15) is 35.3 Å². The second kappa shape index (κ2) is 11.0. The van der Waals surface area contributed by atoms with E-state index in [9.17, 15) is 4.79 Å². The van der Waals surface area contributed by atoms with Gasteiger partial charge in [-0.1, -0.05) is 30.3 Å². The van der Waals surface area contributed by atoms with E-state index in [2.05, 4.69) is 17.1 Å². The highest BCUT2D eigenvalue weighted by molar-refractivity contribution is 6.02. The first kappa shape index (κ1) is 22.9. The first-order valence-electron chi connectivity index (χ1n) is 10.5. The van der Waals surface area contributed by atoms with Crippen molar-refractivity contribution in [2.75, 3.05) is 20.3 Å². The van der Waals surface area contributed by atoms with Gasteiger partial charge in [-0.15, -0.1) is 6.58 Å². The molecular formula is C26H28N2O4. The Morgan fingerprint density at radius 1 is 1.03 bits per heavy atom. The predicted octanol–water partition coefficient (Wildman–Crippen LogP) is 5.14. The number of nitrogens with one attached hydrogen (secondary N) is 1. The fraction of sp³-hybridized carbons (Fsp3) is 0.231. The molecule has 0 heterocycles. The zero-order chi connectivity index (χ0) is 22.9. The highest BCUT2D eigenvalue weighted by atomic mass is 16.5. The maximum Gasteiger partial charge on any atom is 0.275 e. The number of allylic oxidation sites excluding steroid dienone is 1. The number of amides is 1. The Kier molecular flexibility index (Phi) is 7.86. The molecule has 32 heavy (non-hydrogen) atoms. The number of rotatable bonds is 10. The van der Waals surface area contributed by atoms with E-state index in [-0.39, 0.29) is 5.91 Å². The summed E-state index contributed by atoms with van der Waals surface area (Å²) in [5.74, 6) is 1.48. The average molecular weight is 433 g/mol. The molecular weight excluding hydrogens is 404 g/mol. The van der Waals surface area contributed by atoms with Gasteiger partial charge in [0.25, 0.3) is 5.91 Å². The molecule has 3 aromatic rings. The number of carbonyl (C=O) groups is 1. The number of nitrogens with zero attached hydrogens (tertiary/aromatic N) is 1. The normalized spacial score (nSPS) is 10.8. The largest absolute Gasteiger partial charge is 0.496 e. The van der Waals surface area contributed by atoms with Crippen LogP contribution in [0, 0.1) is 0 Å². The third kappa shape index (κ3) is 5.27. The molecule has 0 aliphatic heterocycles. The van der Waals surface area contributed by atoms with E-state index in [1.54, 1.807) is 19.4 Å². The topological polar surface area (TPSA) is 69.2 Å². The van der Waals surface area contributed by atoms with Crippen molar-refractivity contribution in [3.63, 3.8) is 0 Å². The van der Waals surface area contributed by atoms with Crippen molar-refractivity contribution in [2.24, 2.45) is 5.10 Å². The average Bonchev–Trinajstić information content (AvgIpc) is 2.80. The molecule has 6 heteroatoms. The molecule has 0 aliphatic rings. The van der Waals surface area contributed by atoms with Gasteiger partial charge in [0.1, 0.15) is 5.75 Å². The van der Waals surface area contributed by atoms with Crippen molar-refractivity contribution in [1.82, 2.24) is 5.43 Å². The molecule has 0 bridgehead atoms. The van der Waals surface area contributed by atoms with Crippen LogP contribution in [0.2, 0.25) is 0 Å². The van der Waals surface area contributed by atoms with Crippen LogP contribution < -0.4 is 19.6 Å². The van der Waals surface area contributed by atoms with E-state index < -0.39 is 0 Å². The Bertz CT molecular complexity index is 1140. The summed E-state index contributed by atoms with van der Waals surface area (Å²) in [7, 11) is 1.54. The lowest BCUT2D eigenvalue weighted by Crippen LogP contribution is -2.18. The van der Waals surface area contributed by atoms with Gasteiger partial charge in [-0.3, -0.25) is 4.79 Å². The number of hydrogen-bond acceptors (Lipinski definition) is 5. The Balaban J connectivity index is 1.85. The molecule has 0 fully saturated rings. The van der Waals surface area contributed by atoms with Gasteiger partial charge in [-0.05, 0) is 60.9 Å². The van der Waals surface area contributed by atoms with Crippen molar-refractivity contribution in [3.05, 3.63) is 77.9 Å². The SMILES string of the molecule is C=CCc1cc(C=NNC(=O)c2cc3ccccc3cc2OC)cc(OCC)c1OCC. The lowest BCUT2D eigenvalue weighted by Gasteiger charge is -2.15. The van der Waals surface area contributed by atoms with Gasteiger partial charge in [0.05, 0.1) is 32.1 Å². The van der Waals surface area contributed by atoms with E-state index in [0.717, 1.165) is 21.9 Å². The second-order valence-electron chi connectivity index (χ2n) is 6.96. The molecule has 1 amide bonds. The van der Waals surface area contributed by atoms with Crippen LogP contribution in [-0.4, -0.2) is 32.4 Å². The third-order valence-corrected chi connectivity index (χ3v) is 4.80. The molecule has 0 spiro atoms. The number of carbonyl (C=O) groups excluding carboxylic acids is 1. The van der Waals surface area contributed by atoms with Gasteiger partial charge in [0, 0.05) is 5.56 Å². The van der Waals surface area contributed by atoms with Gasteiger partial charge in [-0.25, -0.2) is 5.43 Å². The number of benzene rings is 3. The van der Waals surface area contributed by atoms with Gasteiger partial charge in [0.15, 0.2) is 11.5 Å². The minimum atomic E-state index is -0.355. The van der Waals surface area contributed by atoms with E-state index in [4.69, 9.17) is 14.2 Å². The van der Waals surface area contributed by atoms with Crippen LogP contribution in [0.25, 0.3) is 10.8 Å². The first-order chi connectivity index (χ1) is 15.6. The summed E-state index contributed by atoms with van der Waals surface area (Å²) in [5.41, 5.74) is 4.72. The number of methoxy groups -OCH3 is 1. The molecule has 3 rings (SSSR count). The fourth-order valence-electron chi connectivity index (χ4n) is 3.43. The van der Waals surface area contributed by atoms with Gasteiger partial charge in [0.2, 0.25) is 0 Å². The van der Waals surface area contributed by atoms with Crippen molar-refractivity contribution in [3.8, 4) is 17.2 Å². The summed E-state index contributed by atoms with van der Waals surface area (Å²) in [5, 5.41) is 6.09. The van der Waals surface area contributed by atoms with Crippen LogP contribution in [0.15, 0.2) is 66.3 Å². The van der Waals surface area contributed by atoms with Crippen LogP contribution in [0.5, 0.6) is 17.2 Å². The molecule has 0 aliphatic carbocycles. The Labute approximate surface area is 188 Å². The van der Waals surface area contributed by atoms with Crippen molar-refractivity contribution >= 4 is 22.9 Å². The van der Waals surface area contributed by atoms with Crippen molar-refractivity contribution in [1.29, 1.82) is 0 Å². The van der Waals surface area contributed by atoms with Crippen LogP contribution in [0.3, 0.4) is 0 Å². The molecule has 3 aromatic carbocycles. The summed E-state index contributed by atoms with van der Waals surface area (Å²) in [4.78, 5) is 12.8. The highest BCUT2D eigenvalue weighted by Gasteiger charge is 2.14. The van der Waals surface area contributed by atoms with E-state index in [1.165, 1.54) is 0 Å². The Morgan fingerprint density at radius 2 is 1.75 bits per heavy atom. The zero-order valence-electron chi connectivity index (χ0n) is 18.7. The van der Waals surface area contributed by atoms with Crippen LogP contribution in [0.4, 0.5) is 0 Å². The molecule has 0 saturated carbocycles. The number of fused-ring (bicyclic) bond motifs is 1. The minimum absolute atomic E-state index is 0.355. The lowest BCUT2D eigenvalue weighted by molar-refractivity contribution is 0.0952. The third-order valence-electron chi connectivity index (χ3n) is 4.80. The zero-order valence-corrected chi connectivity index (χ0v) is 18.7. The second-order valence-corrected chi connectivity index (χ2v) is 6.96. The molecule has 0 atom stereocenters. The predicted molar refractivity (Wildman–Crippen MR) is 128 cm³/mol. The molecule has 166 valence electrons. The van der Waals surface area contributed by atoms with Gasteiger partial charge in [-0.2, -0.15) is 5.10 Å². The maximum absolute atomic E-state index is 12.8. The first-order valence-corrected chi connectivity index (χ1v) is 10.5. The Hall–Kier alpha value is -3.80. The molecule has 1 N–H and O–H groups in total. The summed E-state index contributed by atoms with van der Waals surface area (Å²) < 4.78 is 17.0. The van der Waals surface area contributed by atoms with Crippen LogP contribution in [-0.2, 0) is 6.42 Å². The smallest absolute Gasteiger partial charge is 0.275 e. The molecule has 0 aromatic heterocycles. The monoisotopic (exact) mass is 432 g/mol. The number of hydrazone groups is 1. The van der Waals surface area contributed by atoms with Gasteiger partial charge >= 0.3 is 0 Å². The molecule has 6 nitrogen and oxygen atoms in total. The van der Waals surface area contributed by atoms with Crippen molar-refractivity contribution < 1.29 is 19.0 Å². The number of hydrogen-bond donors (Lipinski definition) is 1. The standard InChI is InChI=1S/C26H28N2O4/c1-5-10-21-13-18(14-24(31-6-2)25(21)32-7-3)17-27-28-26(29)22-15-19-11-8-9-12-20(19)16-23(22)30-4/h5,8-9,11-17H,1,6-7,10H2,2-4H3,(H,28,29). The quantitative estimate of drug-likeness (QED) is 0.274. The fourth-order valence-corrected chi connectivity index (χ4v) is 3.43. The highest BCUT2D eigenvalue weighted by Crippen LogP contribution is 2.33. The van der Waals surface area contributed by atoms with E-state index in [1.807, 2.05) is 62.4 Å². The summed E-state index contributed by atoms with van der Waals surface area (Å²) >= 11 is 0. The Morgan fingerprint density at radius 3 is 2.41 bits per heavy atom. The van der Waals surface area contributed by atoms with Crippen molar-refractivity contribution in [2.45, 2.75) is 20.3 Å². The maximum atomic E-state index is 12.8. The summed E-state index contributed by atoms with van der Waals surface area (Å²) in [6.45, 7) is 8.70. The van der Waals surface area contributed by atoms with Gasteiger partial charge < -0.3 is 14.2 Å². The number of ether oxygens (including phenoxy) is 3. The summed E-state index contributed by atoms with van der Waals surface area (Å²) in [6.07, 6.45) is 4.01. The molecule has 0 unspecified atom stereocenters. The van der Waals surface area contributed by atoms with E-state index in [0.29, 0.717) is 42.4 Å².